The SMILES string of the molecule is Cc1cc(F)cc(NC(=O)Nc2ccccc2C(=O)O)c1. The molecular weight excluding hydrogens is 275 g/mol. The Kier molecular flexibility index (Phi) is 4.18. The Morgan fingerprint density at radius 3 is 2.48 bits per heavy atom. The van der Waals surface area contributed by atoms with Crippen molar-refractivity contribution in [3.8, 4) is 0 Å². The molecule has 2 aromatic rings. The van der Waals surface area contributed by atoms with Gasteiger partial charge in [0.2, 0.25) is 0 Å². The molecule has 0 aromatic heterocycles. The second kappa shape index (κ2) is 6.04. The van der Waals surface area contributed by atoms with E-state index in [0.717, 1.165) is 0 Å². The van der Waals surface area contributed by atoms with Crippen molar-refractivity contribution in [1.82, 2.24) is 0 Å². The molecule has 2 aromatic carbocycles. The molecule has 0 saturated carbocycles. The van der Waals surface area contributed by atoms with Gasteiger partial charge >= 0.3 is 12.0 Å². The molecule has 0 radical (unpaired) electrons. The number of aromatic carboxylic acids is 1. The van der Waals surface area contributed by atoms with Crippen molar-refractivity contribution in [3.05, 3.63) is 59.4 Å². The Balaban J connectivity index is 2.14. The van der Waals surface area contributed by atoms with Crippen molar-refractivity contribution in [3.63, 3.8) is 0 Å². The fourth-order valence-corrected chi connectivity index (χ4v) is 1.87. The minimum Gasteiger partial charge on any atom is -0.478 e. The third-order valence-corrected chi connectivity index (χ3v) is 2.71. The van der Waals surface area contributed by atoms with E-state index in [9.17, 15) is 14.0 Å². The molecule has 0 aliphatic rings. The molecule has 3 N–H and O–H groups in total. The molecule has 0 aliphatic carbocycles. The highest BCUT2D eigenvalue weighted by molar-refractivity contribution is 6.04. The van der Waals surface area contributed by atoms with E-state index in [-0.39, 0.29) is 16.9 Å². The summed E-state index contributed by atoms with van der Waals surface area (Å²) >= 11 is 0. The highest BCUT2D eigenvalue weighted by Crippen LogP contribution is 2.17. The van der Waals surface area contributed by atoms with Gasteiger partial charge in [-0.05, 0) is 42.8 Å². The van der Waals surface area contributed by atoms with Crippen LogP contribution in [0.1, 0.15) is 15.9 Å². The number of hydrogen-bond acceptors (Lipinski definition) is 2. The minimum atomic E-state index is -1.15. The maximum Gasteiger partial charge on any atom is 0.337 e. The Morgan fingerprint density at radius 2 is 1.81 bits per heavy atom. The highest BCUT2D eigenvalue weighted by Gasteiger charge is 2.11. The molecule has 0 bridgehead atoms. The summed E-state index contributed by atoms with van der Waals surface area (Å²) in [5.41, 5.74) is 1.09. The summed E-state index contributed by atoms with van der Waals surface area (Å²) in [4.78, 5) is 22.9. The summed E-state index contributed by atoms with van der Waals surface area (Å²) < 4.78 is 13.2. The normalized spacial score (nSPS) is 10.0. The van der Waals surface area contributed by atoms with Gasteiger partial charge in [0, 0.05) is 5.69 Å². The predicted octanol–water partition coefficient (Wildman–Crippen LogP) is 3.48. The zero-order chi connectivity index (χ0) is 15.4. The number of anilines is 2. The molecule has 0 spiro atoms. The van der Waals surface area contributed by atoms with Crippen LogP contribution in [0.2, 0.25) is 0 Å². The molecular formula is C15H13FN2O3. The van der Waals surface area contributed by atoms with Gasteiger partial charge in [0.25, 0.3) is 0 Å². The van der Waals surface area contributed by atoms with Crippen LogP contribution in [-0.4, -0.2) is 17.1 Å². The summed E-state index contributed by atoms with van der Waals surface area (Å²) in [6, 6.07) is 9.49. The number of nitrogens with one attached hydrogen (secondary N) is 2. The molecule has 2 rings (SSSR count). The van der Waals surface area contributed by atoms with E-state index in [1.807, 2.05) is 0 Å². The topological polar surface area (TPSA) is 78.4 Å². The molecule has 108 valence electrons. The van der Waals surface area contributed by atoms with Crippen LogP contribution in [0.15, 0.2) is 42.5 Å². The second-order valence-electron chi connectivity index (χ2n) is 4.45. The molecule has 0 aliphatic heterocycles. The monoisotopic (exact) mass is 288 g/mol. The van der Waals surface area contributed by atoms with Gasteiger partial charge < -0.3 is 15.7 Å². The van der Waals surface area contributed by atoms with Crippen molar-refractivity contribution in [2.45, 2.75) is 6.92 Å². The smallest absolute Gasteiger partial charge is 0.337 e. The van der Waals surface area contributed by atoms with Gasteiger partial charge in [0.1, 0.15) is 5.82 Å². The van der Waals surface area contributed by atoms with E-state index in [1.165, 1.54) is 24.3 Å². The molecule has 5 nitrogen and oxygen atoms in total. The van der Waals surface area contributed by atoms with Crippen molar-refractivity contribution < 1.29 is 19.1 Å². The quantitative estimate of drug-likeness (QED) is 0.809. The van der Waals surface area contributed by atoms with Gasteiger partial charge in [-0.3, -0.25) is 0 Å². The lowest BCUT2D eigenvalue weighted by atomic mass is 10.2. The lowest BCUT2D eigenvalue weighted by Crippen LogP contribution is -2.21. The summed E-state index contributed by atoms with van der Waals surface area (Å²) in [7, 11) is 0. The Labute approximate surface area is 120 Å². The lowest BCUT2D eigenvalue weighted by Gasteiger charge is -2.10. The van der Waals surface area contributed by atoms with Gasteiger partial charge in [-0.2, -0.15) is 0 Å². The van der Waals surface area contributed by atoms with E-state index in [0.29, 0.717) is 5.56 Å². The number of aryl methyl sites for hydroxylation is 1. The first-order chi connectivity index (χ1) is 9.95. The number of carboxylic acid groups (broad SMARTS) is 1. The molecule has 0 heterocycles. The maximum atomic E-state index is 13.2. The van der Waals surface area contributed by atoms with Crippen LogP contribution < -0.4 is 10.6 Å². The average molecular weight is 288 g/mol. The van der Waals surface area contributed by atoms with Crippen LogP contribution in [0, 0.1) is 12.7 Å². The number of hydrogen-bond donors (Lipinski definition) is 3. The first-order valence-electron chi connectivity index (χ1n) is 6.13. The summed E-state index contributed by atoms with van der Waals surface area (Å²) in [5.74, 6) is -1.61. The zero-order valence-electron chi connectivity index (χ0n) is 11.2. The molecule has 6 heteroatoms. The molecule has 0 atom stereocenters. The molecule has 0 fully saturated rings. The first kappa shape index (κ1) is 14.5. The maximum absolute atomic E-state index is 13.2. The Bertz CT molecular complexity index is 681. The summed E-state index contributed by atoms with van der Waals surface area (Å²) in [6.45, 7) is 1.70. The van der Waals surface area contributed by atoms with Crippen molar-refractivity contribution in [2.75, 3.05) is 10.6 Å². The number of urea groups is 1. The van der Waals surface area contributed by atoms with Gasteiger partial charge in [0.05, 0.1) is 11.3 Å². The number of carbonyl (C=O) groups is 2. The third kappa shape index (κ3) is 3.79. The number of carboxylic acids is 1. The van der Waals surface area contributed by atoms with Crippen LogP contribution in [0.25, 0.3) is 0 Å². The molecule has 0 saturated heterocycles. The number of rotatable bonds is 3. The van der Waals surface area contributed by atoms with Crippen LogP contribution >= 0.6 is 0 Å². The fourth-order valence-electron chi connectivity index (χ4n) is 1.87. The third-order valence-electron chi connectivity index (χ3n) is 2.71. The van der Waals surface area contributed by atoms with E-state index in [4.69, 9.17) is 5.11 Å². The lowest BCUT2D eigenvalue weighted by molar-refractivity contribution is 0.0698. The Hall–Kier alpha value is -2.89. The number of amides is 2. The van der Waals surface area contributed by atoms with Crippen LogP contribution in [0.4, 0.5) is 20.6 Å². The number of halogens is 1. The average Bonchev–Trinajstić information content (AvgIpc) is 2.37. The minimum absolute atomic E-state index is 0.0249. The zero-order valence-corrected chi connectivity index (χ0v) is 11.2. The summed E-state index contributed by atoms with van der Waals surface area (Å²) in [6.07, 6.45) is 0. The predicted molar refractivity (Wildman–Crippen MR) is 77.2 cm³/mol. The standard InChI is InChI=1S/C15H13FN2O3/c1-9-6-10(16)8-11(7-9)17-15(21)18-13-5-3-2-4-12(13)14(19)20/h2-8H,1H3,(H,19,20)(H2,17,18,21). The molecule has 2 amide bonds. The van der Waals surface area contributed by atoms with E-state index < -0.39 is 17.8 Å². The number of carbonyl (C=O) groups excluding carboxylic acids is 1. The van der Waals surface area contributed by atoms with E-state index in [2.05, 4.69) is 10.6 Å². The van der Waals surface area contributed by atoms with Crippen molar-refractivity contribution in [2.24, 2.45) is 0 Å². The van der Waals surface area contributed by atoms with Gasteiger partial charge in [-0.25, -0.2) is 14.0 Å². The van der Waals surface area contributed by atoms with Crippen molar-refractivity contribution in [1.29, 1.82) is 0 Å². The van der Waals surface area contributed by atoms with Gasteiger partial charge in [0.15, 0.2) is 0 Å². The highest BCUT2D eigenvalue weighted by atomic mass is 19.1. The number of para-hydroxylation sites is 1. The van der Waals surface area contributed by atoms with Gasteiger partial charge in [-0.15, -0.1) is 0 Å². The largest absolute Gasteiger partial charge is 0.478 e. The first-order valence-corrected chi connectivity index (χ1v) is 6.13. The number of benzene rings is 2. The van der Waals surface area contributed by atoms with Crippen LogP contribution in [-0.2, 0) is 0 Å². The fraction of sp³-hybridized carbons (Fsp3) is 0.0667. The van der Waals surface area contributed by atoms with E-state index in [1.54, 1.807) is 25.1 Å². The van der Waals surface area contributed by atoms with Crippen LogP contribution in [0.3, 0.4) is 0 Å². The van der Waals surface area contributed by atoms with Crippen LogP contribution in [0.5, 0.6) is 0 Å². The van der Waals surface area contributed by atoms with Gasteiger partial charge in [-0.1, -0.05) is 12.1 Å². The Morgan fingerprint density at radius 1 is 1.10 bits per heavy atom. The molecule has 0 unspecified atom stereocenters. The van der Waals surface area contributed by atoms with Crippen molar-refractivity contribution >= 4 is 23.4 Å². The molecule has 21 heavy (non-hydrogen) atoms. The second-order valence-corrected chi connectivity index (χ2v) is 4.45. The summed E-state index contributed by atoms with van der Waals surface area (Å²) in [5, 5.41) is 13.9. The van der Waals surface area contributed by atoms with E-state index >= 15 is 0 Å².